The molecule has 0 fully saturated rings. The van der Waals surface area contributed by atoms with Gasteiger partial charge in [-0.15, -0.1) is 0 Å². The summed E-state index contributed by atoms with van der Waals surface area (Å²) in [6.07, 6.45) is 16.5. The Bertz CT molecular complexity index is 1960. The lowest BCUT2D eigenvalue weighted by molar-refractivity contribution is 0.344. The van der Waals surface area contributed by atoms with Crippen molar-refractivity contribution in [3.05, 3.63) is 48.6 Å². The number of benzene rings is 2. The number of rotatable bonds is 25. The molecule has 8 nitrogen and oxygen atoms in total. The fourth-order valence-electron chi connectivity index (χ4n) is 8.45. The molecule has 0 radical (unpaired) electrons. The van der Waals surface area contributed by atoms with Crippen LogP contribution in [0.4, 0.5) is 5.69 Å². The van der Waals surface area contributed by atoms with Crippen LogP contribution in [-0.4, -0.2) is 27.3 Å². The second kappa shape index (κ2) is 21.0. The molecule has 1 aliphatic carbocycles. The number of aromatic hydroxyl groups is 1. The van der Waals surface area contributed by atoms with Gasteiger partial charge in [-0.1, -0.05) is 132 Å². The zero-order valence-electron chi connectivity index (χ0n) is 35.1. The van der Waals surface area contributed by atoms with E-state index in [4.69, 9.17) is 4.99 Å². The van der Waals surface area contributed by atoms with Crippen molar-refractivity contribution in [3.8, 4) is 17.0 Å². The van der Waals surface area contributed by atoms with Crippen molar-refractivity contribution >= 4 is 27.2 Å². The Morgan fingerprint density at radius 2 is 1.11 bits per heavy atom. The van der Waals surface area contributed by atoms with Gasteiger partial charge in [0.1, 0.15) is 0 Å². The van der Waals surface area contributed by atoms with Gasteiger partial charge >= 0.3 is 0 Å². The second-order valence-corrected chi connectivity index (χ2v) is 16.3. The van der Waals surface area contributed by atoms with Crippen LogP contribution < -0.4 is 27.4 Å². The number of nitrogens with zero attached hydrogens (tertiary/aromatic N) is 3. The topological polar surface area (TPSA) is 106 Å². The third-order valence-corrected chi connectivity index (χ3v) is 12.4. The molecule has 4 rings (SSSR count). The highest BCUT2D eigenvalue weighted by molar-refractivity contribution is 6.18. The molecular formula is C46H72N4O4. The lowest BCUT2D eigenvalue weighted by Gasteiger charge is -2.25. The molecule has 0 bridgehead atoms. The molecule has 0 spiro atoms. The molecule has 0 saturated heterocycles. The van der Waals surface area contributed by atoms with Crippen LogP contribution in [0.1, 0.15) is 158 Å². The smallest absolute Gasteiger partial charge is 0.263 e. The van der Waals surface area contributed by atoms with Gasteiger partial charge in [-0.25, -0.2) is 0 Å². The van der Waals surface area contributed by atoms with E-state index in [1.165, 1.54) is 4.57 Å². The second-order valence-electron chi connectivity index (χ2n) is 16.3. The van der Waals surface area contributed by atoms with Gasteiger partial charge in [0.15, 0.2) is 0 Å². The van der Waals surface area contributed by atoms with Crippen LogP contribution in [0, 0.1) is 23.7 Å². The van der Waals surface area contributed by atoms with Crippen molar-refractivity contribution in [2.45, 2.75) is 171 Å². The Morgan fingerprint density at radius 1 is 0.611 bits per heavy atom. The first-order valence-corrected chi connectivity index (χ1v) is 22.0. The largest absolute Gasteiger partial charge is 0.494 e. The van der Waals surface area contributed by atoms with Gasteiger partial charge in [-0.2, -0.15) is 0 Å². The van der Waals surface area contributed by atoms with Gasteiger partial charge in [0.25, 0.3) is 16.7 Å². The molecule has 1 aromatic heterocycles. The van der Waals surface area contributed by atoms with Crippen molar-refractivity contribution in [3.63, 3.8) is 0 Å². The highest BCUT2D eigenvalue weighted by Crippen LogP contribution is 2.41. The number of hydrogen-bond acceptors (Lipinski definition) is 6. The molecular weight excluding hydrogens is 673 g/mol. The van der Waals surface area contributed by atoms with Crippen molar-refractivity contribution in [2.24, 2.45) is 28.7 Å². The van der Waals surface area contributed by atoms with Crippen molar-refractivity contribution in [1.82, 2.24) is 9.13 Å². The summed E-state index contributed by atoms with van der Waals surface area (Å²) in [5, 5.41) is 18.1. The Balaban J connectivity index is 2.15. The Morgan fingerprint density at radius 3 is 1.65 bits per heavy atom. The molecule has 0 saturated carbocycles. The monoisotopic (exact) mass is 745 g/mol. The lowest BCUT2D eigenvalue weighted by Crippen LogP contribution is -2.39. The normalized spacial score (nSPS) is 14.8. The van der Waals surface area contributed by atoms with Crippen LogP contribution in [0.25, 0.3) is 32.7 Å². The summed E-state index contributed by atoms with van der Waals surface area (Å²) in [7, 11) is 0. The summed E-state index contributed by atoms with van der Waals surface area (Å²) in [4.78, 5) is 49.5. The highest BCUT2D eigenvalue weighted by atomic mass is 16.3. The van der Waals surface area contributed by atoms with Gasteiger partial charge in [0, 0.05) is 48.2 Å². The summed E-state index contributed by atoms with van der Waals surface area (Å²) in [6.45, 7) is 19.4. The van der Waals surface area contributed by atoms with E-state index < -0.39 is 0 Å². The zero-order valence-corrected chi connectivity index (χ0v) is 35.1. The average molecular weight is 745 g/mol. The number of pyridine rings is 2. The minimum Gasteiger partial charge on any atom is -0.494 e. The van der Waals surface area contributed by atoms with Crippen LogP contribution in [0.5, 0.6) is 5.88 Å². The van der Waals surface area contributed by atoms with E-state index in [9.17, 15) is 19.5 Å². The van der Waals surface area contributed by atoms with Gasteiger partial charge < -0.3 is 10.4 Å². The summed E-state index contributed by atoms with van der Waals surface area (Å²) < 4.78 is 3.01. The van der Waals surface area contributed by atoms with Gasteiger partial charge in [0.05, 0.1) is 21.7 Å². The van der Waals surface area contributed by atoms with E-state index in [0.29, 0.717) is 81.7 Å². The predicted molar refractivity (Wildman–Crippen MR) is 229 cm³/mol. The maximum absolute atomic E-state index is 14.8. The van der Waals surface area contributed by atoms with Crippen molar-refractivity contribution in [2.75, 3.05) is 18.4 Å². The molecule has 0 amide bonds. The van der Waals surface area contributed by atoms with Crippen molar-refractivity contribution < 1.29 is 5.11 Å². The van der Waals surface area contributed by atoms with Crippen molar-refractivity contribution in [1.29, 1.82) is 0 Å². The first-order chi connectivity index (χ1) is 26.1. The number of hydrogen-bond donors (Lipinski definition) is 2. The molecule has 1 aliphatic heterocycles. The fourth-order valence-corrected chi connectivity index (χ4v) is 8.45. The Labute approximate surface area is 324 Å². The van der Waals surface area contributed by atoms with E-state index in [-0.39, 0.29) is 34.4 Å². The van der Waals surface area contributed by atoms with Gasteiger partial charge in [-0.3, -0.25) is 28.5 Å². The average Bonchev–Trinajstić information content (AvgIpc) is 3.18. The SMILES string of the molecule is CCCCC(CC)CN=c1cc2c(=O)n(CC(CC)CCCC)c(=O)c3c(NCC(CC)CCCC)cc4c(O)n(CC(CC)CCCC)c(=O)c1c4c3-2. The third-order valence-electron chi connectivity index (χ3n) is 12.4. The van der Waals surface area contributed by atoms with E-state index in [1.807, 2.05) is 6.07 Å². The predicted octanol–water partition coefficient (Wildman–Crippen LogP) is 10.5. The first-order valence-electron chi connectivity index (χ1n) is 22.0. The van der Waals surface area contributed by atoms with E-state index in [1.54, 1.807) is 10.6 Å². The van der Waals surface area contributed by atoms with E-state index in [0.717, 1.165) is 103 Å². The molecule has 2 aromatic rings. The minimum absolute atomic E-state index is 0.0968. The van der Waals surface area contributed by atoms with Crippen LogP contribution >= 0.6 is 0 Å². The molecule has 1 aromatic carbocycles. The Hall–Kier alpha value is -3.42. The van der Waals surface area contributed by atoms with E-state index >= 15 is 0 Å². The molecule has 8 heteroatoms. The standard InChI is InChI=1S/C46H72N4O4/c1-9-17-21-31(13-5)27-47-37-25-35-40-39-36(44(52)49(45(53)41(37)39)29-33(15-7)23-19-11-3)26-38(48-28-32(14-6)22-18-10-2)42(40)46(54)50(43(35)51)30-34(16-8)24-20-12-4/h25-26,31-34,47,51H,9-24,27-30H2,1-8H3. The summed E-state index contributed by atoms with van der Waals surface area (Å²) >= 11 is 0. The molecule has 2 aliphatic rings. The van der Waals surface area contributed by atoms with Crippen LogP contribution in [0.2, 0.25) is 0 Å². The van der Waals surface area contributed by atoms with Crippen LogP contribution in [-0.2, 0) is 13.1 Å². The zero-order chi connectivity index (χ0) is 39.4. The lowest BCUT2D eigenvalue weighted by atomic mass is 9.88. The molecule has 2 N–H and O–H groups in total. The highest BCUT2D eigenvalue weighted by Gasteiger charge is 2.30. The minimum atomic E-state index is -0.332. The number of nitrogens with one attached hydrogen (secondary N) is 1. The van der Waals surface area contributed by atoms with Gasteiger partial charge in [-0.05, 0) is 61.5 Å². The molecule has 54 heavy (non-hydrogen) atoms. The molecule has 4 atom stereocenters. The summed E-state index contributed by atoms with van der Waals surface area (Å²) in [5.74, 6) is 1.09. The van der Waals surface area contributed by atoms with Crippen LogP contribution in [0.15, 0.2) is 31.5 Å². The quantitative estimate of drug-likeness (QED) is 0.0657. The summed E-state index contributed by atoms with van der Waals surface area (Å²) in [5.41, 5.74) is 0.555. The maximum Gasteiger partial charge on any atom is 0.263 e. The van der Waals surface area contributed by atoms with Gasteiger partial charge in [0.2, 0.25) is 5.88 Å². The number of aromatic nitrogens is 2. The first kappa shape index (κ1) is 43.3. The molecule has 2 heterocycles. The third kappa shape index (κ3) is 9.68. The molecule has 300 valence electrons. The Kier molecular flexibility index (Phi) is 16.9. The van der Waals surface area contributed by atoms with Crippen LogP contribution in [0.3, 0.4) is 0 Å². The molecule has 4 unspecified atom stereocenters. The maximum atomic E-state index is 14.8. The fraction of sp³-hybridized carbons (Fsp3) is 0.696. The number of unbranched alkanes of at least 4 members (excludes halogenated alkanes) is 4. The number of anilines is 1. The summed E-state index contributed by atoms with van der Waals surface area (Å²) in [6, 6.07) is 3.69. The van der Waals surface area contributed by atoms with E-state index in [2.05, 4.69) is 60.7 Å².